The van der Waals surface area contributed by atoms with Crippen LogP contribution in [0.1, 0.15) is 24.7 Å². The Morgan fingerprint density at radius 1 is 0.830 bits per heavy atom. The average Bonchev–Trinajstić information content (AvgIpc) is 3.58. The molecular weight excluding hydrogens is 639 g/mol. The van der Waals surface area contributed by atoms with Crippen LogP contribution in [0.5, 0.6) is 5.75 Å². The van der Waals surface area contributed by atoms with Crippen LogP contribution in [0.2, 0.25) is 0 Å². The molecule has 0 unspecified atom stereocenters. The molecule has 1 aliphatic rings. The maximum Gasteiger partial charge on any atom is 0.266 e. The molecule has 0 saturated heterocycles. The fourth-order valence-electron chi connectivity index (χ4n) is 5.61. The molecule has 47 heavy (non-hydrogen) atoms. The van der Waals surface area contributed by atoms with Gasteiger partial charge >= 0.3 is 0 Å². The van der Waals surface area contributed by atoms with E-state index in [0.717, 1.165) is 27.8 Å². The Morgan fingerprint density at radius 2 is 1.47 bits per heavy atom. The number of rotatable bonds is 11. The minimum absolute atomic E-state index is 0.0405. The molecule has 242 valence electrons. The molecule has 1 aliphatic heterocycles. The van der Waals surface area contributed by atoms with Crippen molar-refractivity contribution in [3.8, 4) is 28.0 Å². The second-order valence-corrected chi connectivity index (χ2v) is 14.3. The summed E-state index contributed by atoms with van der Waals surface area (Å²) in [6.07, 6.45) is 4.02. The molecule has 0 bridgehead atoms. The van der Waals surface area contributed by atoms with Gasteiger partial charge in [-0.1, -0.05) is 79.7 Å². The highest BCUT2D eigenvalue weighted by molar-refractivity contribution is 7.86. The molecule has 9 nitrogen and oxygen atoms in total. The zero-order valence-corrected chi connectivity index (χ0v) is 27.1. The third-order valence-corrected chi connectivity index (χ3v) is 9.38. The monoisotopic (exact) mass is 670 g/mol. The summed E-state index contributed by atoms with van der Waals surface area (Å²) in [5.74, 6) is 0.184. The second kappa shape index (κ2) is 13.2. The van der Waals surface area contributed by atoms with Crippen molar-refractivity contribution in [3.05, 3.63) is 126 Å². The van der Waals surface area contributed by atoms with Gasteiger partial charge in [0.05, 0.1) is 21.6 Å². The lowest BCUT2D eigenvalue weighted by atomic mass is 10.0. The van der Waals surface area contributed by atoms with Crippen LogP contribution in [0, 0.1) is 0 Å². The summed E-state index contributed by atoms with van der Waals surface area (Å²) in [5, 5.41) is 0.706. The van der Waals surface area contributed by atoms with E-state index >= 15 is 0 Å². The Bertz CT molecular complexity index is 2210. The number of fused-ring (bicyclic) bond motifs is 2. The van der Waals surface area contributed by atoms with Crippen LogP contribution in [-0.4, -0.2) is 44.0 Å². The van der Waals surface area contributed by atoms with Gasteiger partial charge in [0.1, 0.15) is 11.3 Å². The molecule has 0 radical (unpaired) electrons. The number of allylic oxidation sites excluding steroid dienone is 2. The molecule has 2 heterocycles. The SMILES string of the molecule is CCC(=C/c1oc2ccc(-c3ccccc3)cc2c1CCS(=O)(=O)[O-])/C=C1/Oc2ccc(-c3ccccc3)cc2N1CCS(=O)(=O)O. The Labute approximate surface area is 273 Å². The summed E-state index contributed by atoms with van der Waals surface area (Å²) >= 11 is 0. The maximum absolute atomic E-state index is 11.8. The van der Waals surface area contributed by atoms with Gasteiger partial charge in [0, 0.05) is 29.3 Å². The van der Waals surface area contributed by atoms with E-state index in [1.165, 1.54) is 0 Å². The van der Waals surface area contributed by atoms with Crippen molar-refractivity contribution in [2.45, 2.75) is 19.8 Å². The van der Waals surface area contributed by atoms with Crippen molar-refractivity contribution < 1.29 is 35.1 Å². The van der Waals surface area contributed by atoms with E-state index in [2.05, 4.69) is 0 Å². The van der Waals surface area contributed by atoms with Crippen LogP contribution in [0.15, 0.2) is 119 Å². The summed E-state index contributed by atoms with van der Waals surface area (Å²) in [6.45, 7) is 1.87. The second-order valence-electron chi connectivity index (χ2n) is 11.2. The highest BCUT2D eigenvalue weighted by atomic mass is 32.2. The molecule has 4 aromatic carbocycles. The van der Waals surface area contributed by atoms with Gasteiger partial charge in [-0.2, -0.15) is 8.42 Å². The molecule has 5 aromatic rings. The van der Waals surface area contributed by atoms with Crippen LogP contribution in [0.25, 0.3) is 39.3 Å². The van der Waals surface area contributed by atoms with Crippen LogP contribution in [-0.2, 0) is 26.7 Å². The van der Waals surface area contributed by atoms with Gasteiger partial charge in [-0.05, 0) is 71.0 Å². The maximum atomic E-state index is 11.8. The first-order valence-electron chi connectivity index (χ1n) is 15.0. The van der Waals surface area contributed by atoms with E-state index < -0.39 is 31.7 Å². The van der Waals surface area contributed by atoms with Gasteiger partial charge in [-0.3, -0.25) is 4.55 Å². The van der Waals surface area contributed by atoms with Crippen LogP contribution in [0.4, 0.5) is 5.69 Å². The highest BCUT2D eigenvalue weighted by Crippen LogP contribution is 2.42. The van der Waals surface area contributed by atoms with Crippen molar-refractivity contribution in [1.82, 2.24) is 0 Å². The number of nitrogens with zero attached hydrogens (tertiary/aromatic N) is 1. The van der Waals surface area contributed by atoms with Gasteiger partial charge in [0.25, 0.3) is 10.1 Å². The fraction of sp³-hybridized carbons (Fsp3) is 0.167. The lowest BCUT2D eigenvalue weighted by molar-refractivity contribution is 0.438. The Hall–Kier alpha value is -4.68. The number of hydrogen-bond donors (Lipinski definition) is 1. The topological polar surface area (TPSA) is 137 Å². The van der Waals surface area contributed by atoms with E-state index in [0.29, 0.717) is 46.0 Å². The number of benzene rings is 4. The molecule has 6 rings (SSSR count). The highest BCUT2D eigenvalue weighted by Gasteiger charge is 2.28. The first kappa shape index (κ1) is 32.3. The van der Waals surface area contributed by atoms with Crippen LogP contribution in [0.3, 0.4) is 0 Å². The van der Waals surface area contributed by atoms with Gasteiger partial charge in [0.2, 0.25) is 5.88 Å². The molecule has 1 aromatic heterocycles. The Morgan fingerprint density at radius 3 is 2.09 bits per heavy atom. The van der Waals surface area contributed by atoms with E-state index in [1.54, 1.807) is 17.1 Å². The molecule has 11 heteroatoms. The molecule has 0 atom stereocenters. The minimum Gasteiger partial charge on any atom is -0.748 e. The Kier molecular flexibility index (Phi) is 9.07. The van der Waals surface area contributed by atoms with Crippen LogP contribution >= 0.6 is 0 Å². The van der Waals surface area contributed by atoms with Crippen molar-refractivity contribution in [3.63, 3.8) is 0 Å². The van der Waals surface area contributed by atoms with Crippen molar-refractivity contribution >= 4 is 43.0 Å². The summed E-state index contributed by atoms with van der Waals surface area (Å²) in [6, 6.07) is 30.8. The third-order valence-electron chi connectivity index (χ3n) is 7.98. The quantitative estimate of drug-likeness (QED) is 0.144. The molecule has 0 amide bonds. The zero-order chi connectivity index (χ0) is 33.2. The predicted molar refractivity (Wildman–Crippen MR) is 183 cm³/mol. The minimum atomic E-state index is -4.50. The predicted octanol–water partition coefficient (Wildman–Crippen LogP) is 7.28. The summed E-state index contributed by atoms with van der Waals surface area (Å²) in [4.78, 5) is 1.70. The largest absolute Gasteiger partial charge is 0.748 e. The molecular formula is C36H32NO8S2-. The van der Waals surface area contributed by atoms with Crippen molar-refractivity contribution in [2.75, 3.05) is 23.0 Å². The van der Waals surface area contributed by atoms with Gasteiger partial charge in [0.15, 0.2) is 5.75 Å². The first-order chi connectivity index (χ1) is 22.5. The average molecular weight is 671 g/mol. The van der Waals surface area contributed by atoms with Gasteiger partial charge in [-0.25, -0.2) is 8.42 Å². The van der Waals surface area contributed by atoms with E-state index in [4.69, 9.17) is 9.15 Å². The lowest BCUT2D eigenvalue weighted by Crippen LogP contribution is -2.27. The Balaban J connectivity index is 1.42. The molecule has 1 N–H and O–H groups in total. The van der Waals surface area contributed by atoms with Gasteiger partial charge < -0.3 is 18.6 Å². The third kappa shape index (κ3) is 7.66. The number of aryl methyl sites for hydroxylation is 1. The molecule has 0 saturated carbocycles. The van der Waals surface area contributed by atoms with Crippen molar-refractivity contribution in [1.29, 1.82) is 0 Å². The van der Waals surface area contributed by atoms with E-state index in [-0.39, 0.29) is 13.0 Å². The number of hydrogen-bond acceptors (Lipinski definition) is 8. The van der Waals surface area contributed by atoms with Gasteiger partial charge in [-0.15, -0.1) is 0 Å². The normalized spacial score (nSPS) is 14.5. The van der Waals surface area contributed by atoms with E-state index in [1.807, 2.05) is 104 Å². The summed E-state index contributed by atoms with van der Waals surface area (Å²) in [7, 11) is -8.77. The number of anilines is 1. The van der Waals surface area contributed by atoms with Crippen LogP contribution < -0.4 is 9.64 Å². The molecule has 0 fully saturated rings. The summed E-state index contributed by atoms with van der Waals surface area (Å²) < 4.78 is 80.5. The summed E-state index contributed by atoms with van der Waals surface area (Å²) in [5.41, 5.74) is 6.30. The lowest BCUT2D eigenvalue weighted by Gasteiger charge is -2.18. The molecule has 0 spiro atoms. The zero-order valence-electron chi connectivity index (χ0n) is 25.5. The number of ether oxygens (including phenoxy) is 1. The number of furan rings is 1. The van der Waals surface area contributed by atoms with Crippen molar-refractivity contribution in [2.24, 2.45) is 0 Å². The van der Waals surface area contributed by atoms with E-state index in [9.17, 15) is 25.9 Å². The smallest absolute Gasteiger partial charge is 0.266 e. The molecule has 0 aliphatic carbocycles. The fourth-order valence-corrected chi connectivity index (χ4v) is 6.48. The first-order valence-corrected chi connectivity index (χ1v) is 18.2. The standard InChI is InChI=1S/C36H33NO8S2/c1-2-25(21-35-30(17-19-46(38,39)40)31-23-28(13-15-33(31)44-35)26-9-5-3-6-10-26)22-36-37(18-20-47(41,42)43)32-24-29(14-16-34(32)45-36)27-11-7-4-8-12-27/h3-16,21-24H,2,17-20H2,1H3,(H,38,39,40)(H,41,42,43)/p-1/b25-21-,36-22+.